The van der Waals surface area contributed by atoms with Crippen molar-refractivity contribution in [1.82, 2.24) is 45.0 Å². The highest BCUT2D eigenvalue weighted by Gasteiger charge is 2.28. The summed E-state index contributed by atoms with van der Waals surface area (Å²) in [6.45, 7) is 2.42. The molecule has 3 aliphatic rings. The SMILES string of the molecule is O=C(Cn1cc(-c2cnc(NC3Cc4ccccc4C3)nc2)c(C(=O)N2CCCCC2)n1)N1CCc2n[nH]nc2C1. The number of nitrogens with zero attached hydrogens (tertiary/aromatic N) is 8. The van der Waals surface area contributed by atoms with Crippen LogP contribution in [0.25, 0.3) is 11.1 Å². The first kappa shape index (κ1) is 25.4. The lowest BCUT2D eigenvalue weighted by molar-refractivity contribution is -0.133. The Bertz CT molecular complexity index is 1550. The van der Waals surface area contributed by atoms with Crippen LogP contribution in [0.5, 0.6) is 0 Å². The van der Waals surface area contributed by atoms with Crippen LogP contribution in [0.2, 0.25) is 0 Å². The number of aromatic amines is 1. The maximum Gasteiger partial charge on any atom is 0.275 e. The molecule has 3 aromatic heterocycles. The molecule has 5 heterocycles. The van der Waals surface area contributed by atoms with E-state index in [9.17, 15) is 9.59 Å². The Balaban J connectivity index is 1.10. The van der Waals surface area contributed by atoms with Gasteiger partial charge in [0.2, 0.25) is 11.9 Å². The third-order valence-electron chi connectivity index (χ3n) is 8.27. The molecule has 0 unspecified atom stereocenters. The van der Waals surface area contributed by atoms with E-state index < -0.39 is 0 Å². The number of carbonyl (C=O) groups is 2. The van der Waals surface area contributed by atoms with Crippen LogP contribution in [0.15, 0.2) is 42.9 Å². The predicted molar refractivity (Wildman–Crippen MR) is 150 cm³/mol. The topological polar surface area (TPSA) is 138 Å². The van der Waals surface area contributed by atoms with Crippen LogP contribution < -0.4 is 5.32 Å². The van der Waals surface area contributed by atoms with Gasteiger partial charge < -0.3 is 15.1 Å². The van der Waals surface area contributed by atoms with Crippen molar-refractivity contribution in [3.05, 3.63) is 71.1 Å². The van der Waals surface area contributed by atoms with E-state index in [0.717, 1.165) is 43.5 Å². The zero-order valence-corrected chi connectivity index (χ0v) is 22.8. The average Bonchev–Trinajstić information content (AvgIpc) is 3.75. The van der Waals surface area contributed by atoms with E-state index in [0.29, 0.717) is 55.4 Å². The monoisotopic (exact) mass is 552 g/mol. The number of piperidine rings is 1. The Kier molecular flexibility index (Phi) is 6.65. The Labute approximate surface area is 237 Å². The van der Waals surface area contributed by atoms with Gasteiger partial charge in [-0.2, -0.15) is 20.5 Å². The van der Waals surface area contributed by atoms with Gasteiger partial charge in [0.1, 0.15) is 12.2 Å². The van der Waals surface area contributed by atoms with Crippen LogP contribution >= 0.6 is 0 Å². The van der Waals surface area contributed by atoms with Gasteiger partial charge in [0, 0.05) is 61.8 Å². The van der Waals surface area contributed by atoms with Gasteiger partial charge in [0.15, 0.2) is 5.69 Å². The number of hydrogen-bond donors (Lipinski definition) is 2. The molecule has 0 atom stereocenters. The number of likely N-dealkylation sites (tertiary alicyclic amines) is 1. The Morgan fingerprint density at radius 3 is 2.41 bits per heavy atom. The van der Waals surface area contributed by atoms with Crippen molar-refractivity contribution >= 4 is 17.8 Å². The fraction of sp³-hybridized carbons (Fsp3) is 0.414. The molecule has 41 heavy (non-hydrogen) atoms. The van der Waals surface area contributed by atoms with Crippen LogP contribution in [0.1, 0.15) is 52.3 Å². The molecule has 2 N–H and O–H groups in total. The summed E-state index contributed by atoms with van der Waals surface area (Å²) in [5, 5.41) is 19.0. The molecule has 4 aromatic rings. The second-order valence-corrected chi connectivity index (χ2v) is 11.0. The van der Waals surface area contributed by atoms with Crippen LogP contribution in [0.4, 0.5) is 5.95 Å². The van der Waals surface area contributed by atoms with Gasteiger partial charge >= 0.3 is 0 Å². The van der Waals surface area contributed by atoms with Gasteiger partial charge in [-0.25, -0.2) is 9.97 Å². The molecule has 12 heteroatoms. The molecule has 1 aliphatic carbocycles. The van der Waals surface area contributed by atoms with Gasteiger partial charge in [-0.05, 0) is 43.2 Å². The van der Waals surface area contributed by atoms with Crippen LogP contribution in [0.3, 0.4) is 0 Å². The first-order valence-corrected chi connectivity index (χ1v) is 14.3. The molecule has 1 saturated heterocycles. The van der Waals surface area contributed by atoms with E-state index in [1.165, 1.54) is 11.1 Å². The quantitative estimate of drug-likeness (QED) is 0.372. The van der Waals surface area contributed by atoms with E-state index in [1.54, 1.807) is 28.2 Å². The molecule has 1 aromatic carbocycles. The number of carbonyl (C=O) groups excluding carboxylic acids is 2. The minimum absolute atomic E-state index is 0.0240. The first-order valence-electron chi connectivity index (χ1n) is 14.3. The molecule has 2 amide bonds. The van der Waals surface area contributed by atoms with Crippen molar-refractivity contribution in [3.8, 4) is 11.1 Å². The minimum atomic E-state index is -0.123. The molecule has 0 saturated carbocycles. The molecule has 12 nitrogen and oxygen atoms in total. The molecular formula is C29H32N10O2. The summed E-state index contributed by atoms with van der Waals surface area (Å²) in [4.78, 5) is 39.6. The number of amides is 2. The summed E-state index contributed by atoms with van der Waals surface area (Å²) in [6, 6.07) is 8.72. The number of benzene rings is 1. The number of anilines is 1. The molecule has 0 bridgehead atoms. The maximum absolute atomic E-state index is 13.6. The van der Waals surface area contributed by atoms with Gasteiger partial charge in [0.25, 0.3) is 5.91 Å². The Morgan fingerprint density at radius 1 is 0.927 bits per heavy atom. The lowest BCUT2D eigenvalue weighted by Gasteiger charge is -2.26. The average molecular weight is 553 g/mol. The summed E-state index contributed by atoms with van der Waals surface area (Å²) in [5.41, 5.74) is 6.05. The van der Waals surface area contributed by atoms with Gasteiger partial charge in [-0.3, -0.25) is 14.3 Å². The summed E-state index contributed by atoms with van der Waals surface area (Å²) in [7, 11) is 0. The maximum atomic E-state index is 13.6. The number of rotatable bonds is 6. The lowest BCUT2D eigenvalue weighted by atomic mass is 10.1. The van der Waals surface area contributed by atoms with Crippen molar-refractivity contribution < 1.29 is 9.59 Å². The van der Waals surface area contributed by atoms with Crippen molar-refractivity contribution in [2.45, 2.75) is 57.7 Å². The van der Waals surface area contributed by atoms with Crippen molar-refractivity contribution in [2.75, 3.05) is 25.0 Å². The Morgan fingerprint density at radius 2 is 1.66 bits per heavy atom. The summed E-state index contributed by atoms with van der Waals surface area (Å²) in [6.07, 6.45) is 10.8. The van der Waals surface area contributed by atoms with Crippen molar-refractivity contribution in [3.63, 3.8) is 0 Å². The highest BCUT2D eigenvalue weighted by molar-refractivity contribution is 5.99. The summed E-state index contributed by atoms with van der Waals surface area (Å²) < 4.78 is 1.56. The molecule has 0 radical (unpaired) electrons. The predicted octanol–water partition coefficient (Wildman–Crippen LogP) is 2.25. The molecule has 1 fully saturated rings. The largest absolute Gasteiger partial charge is 0.351 e. The summed E-state index contributed by atoms with van der Waals surface area (Å²) >= 11 is 0. The van der Waals surface area contributed by atoms with E-state index in [2.05, 4.69) is 60.1 Å². The highest BCUT2D eigenvalue weighted by atomic mass is 16.2. The van der Waals surface area contributed by atoms with E-state index in [4.69, 9.17) is 0 Å². The number of hydrogen-bond acceptors (Lipinski definition) is 8. The van der Waals surface area contributed by atoms with Crippen LogP contribution in [0, 0.1) is 0 Å². The Hall–Kier alpha value is -4.61. The van der Waals surface area contributed by atoms with Gasteiger partial charge in [-0.1, -0.05) is 24.3 Å². The lowest BCUT2D eigenvalue weighted by Crippen LogP contribution is -2.38. The van der Waals surface area contributed by atoms with Gasteiger partial charge in [0.05, 0.1) is 12.2 Å². The molecule has 0 spiro atoms. The zero-order chi connectivity index (χ0) is 27.8. The smallest absolute Gasteiger partial charge is 0.275 e. The van der Waals surface area contributed by atoms with Crippen LogP contribution in [-0.2, 0) is 37.1 Å². The van der Waals surface area contributed by atoms with Crippen molar-refractivity contribution in [2.24, 2.45) is 0 Å². The second kappa shape index (κ2) is 10.8. The van der Waals surface area contributed by atoms with E-state index in [1.807, 2.05) is 4.90 Å². The summed E-state index contributed by atoms with van der Waals surface area (Å²) in [5.74, 6) is 0.343. The third-order valence-corrected chi connectivity index (χ3v) is 8.27. The highest BCUT2D eigenvalue weighted by Crippen LogP contribution is 2.27. The molecule has 7 rings (SSSR count). The standard InChI is InChI=1S/C29H32N10O2/c40-26(38-11-8-24-25(17-38)34-36-33-24)18-39-16-23(27(35-39)28(41)37-9-4-1-5-10-37)21-14-30-29(31-15-21)32-22-12-19-6-2-3-7-20(19)13-22/h2-3,6-7,14-16,22H,1,4-5,8-13,17-18H2,(H,30,31,32)(H,33,34,36). The third kappa shape index (κ3) is 5.17. The second-order valence-electron chi connectivity index (χ2n) is 11.0. The number of fused-ring (bicyclic) bond motifs is 2. The van der Waals surface area contributed by atoms with Crippen molar-refractivity contribution in [1.29, 1.82) is 0 Å². The van der Waals surface area contributed by atoms with Gasteiger partial charge in [-0.15, -0.1) is 0 Å². The zero-order valence-electron chi connectivity index (χ0n) is 22.8. The fourth-order valence-electron chi connectivity index (χ4n) is 6.06. The first-order chi connectivity index (χ1) is 20.1. The number of nitrogens with one attached hydrogen (secondary N) is 2. The number of aromatic nitrogens is 7. The van der Waals surface area contributed by atoms with E-state index in [-0.39, 0.29) is 24.4 Å². The van der Waals surface area contributed by atoms with E-state index >= 15 is 0 Å². The molecular weight excluding hydrogens is 520 g/mol. The molecule has 2 aliphatic heterocycles. The van der Waals surface area contributed by atoms with Crippen LogP contribution in [-0.4, -0.2) is 82.4 Å². The molecule has 210 valence electrons. The fourth-order valence-corrected chi connectivity index (χ4v) is 6.06. The number of H-pyrrole nitrogens is 1. The minimum Gasteiger partial charge on any atom is -0.351 e. The normalized spacial score (nSPS) is 16.9.